The van der Waals surface area contributed by atoms with E-state index in [-0.39, 0.29) is 29.0 Å². The average Bonchev–Trinajstić information content (AvgIpc) is 2.83. The topological polar surface area (TPSA) is 57.6 Å². The second-order valence-corrected chi connectivity index (χ2v) is 7.67. The van der Waals surface area contributed by atoms with Gasteiger partial charge in [-0.15, -0.1) is 0 Å². The van der Waals surface area contributed by atoms with E-state index in [2.05, 4.69) is 27.7 Å². The Morgan fingerprint density at radius 1 is 1.16 bits per heavy atom. The van der Waals surface area contributed by atoms with E-state index in [1.165, 1.54) is 5.56 Å². The summed E-state index contributed by atoms with van der Waals surface area (Å²) < 4.78 is 0. The monoisotopic (exact) mass is 343 g/mol. The number of amides is 1. The minimum absolute atomic E-state index is 0.0337. The van der Waals surface area contributed by atoms with Crippen molar-refractivity contribution in [2.45, 2.75) is 65.3 Å². The number of carbonyl (C=O) groups excluding carboxylic acids is 2. The van der Waals surface area contributed by atoms with Crippen LogP contribution in [0.2, 0.25) is 0 Å². The summed E-state index contributed by atoms with van der Waals surface area (Å²) in [5, 5.41) is 10.3. The Balaban J connectivity index is 2.47. The average molecular weight is 343 g/mol. The normalized spacial score (nSPS) is 18.2. The predicted molar refractivity (Wildman–Crippen MR) is 99.5 cm³/mol. The number of nitrogens with zero attached hydrogens (tertiary/aromatic N) is 1. The van der Waals surface area contributed by atoms with Gasteiger partial charge in [0.05, 0.1) is 11.6 Å². The maximum Gasteiger partial charge on any atom is 0.290 e. The standard InChI is InChI=1S/C21H29NO3/c1-6-8-13-22-18(17(16(23)7-2)19(24)20(22)25)14-9-11-15(12-10-14)21(3,4)5/h9-12,18,24H,6-8,13H2,1-5H3. The van der Waals surface area contributed by atoms with E-state index in [0.717, 1.165) is 18.4 Å². The van der Waals surface area contributed by atoms with Crippen LogP contribution in [0, 0.1) is 0 Å². The number of unbranched alkanes of at least 4 members (excludes halogenated alkanes) is 1. The Bertz CT molecular complexity index is 680. The summed E-state index contributed by atoms with van der Waals surface area (Å²) in [5.41, 5.74) is 2.34. The lowest BCUT2D eigenvalue weighted by atomic mass is 9.85. The van der Waals surface area contributed by atoms with Gasteiger partial charge in [-0.1, -0.05) is 65.3 Å². The first-order chi connectivity index (χ1) is 11.7. The molecule has 136 valence electrons. The van der Waals surface area contributed by atoms with E-state index >= 15 is 0 Å². The van der Waals surface area contributed by atoms with Crippen LogP contribution in [0.15, 0.2) is 35.6 Å². The highest BCUT2D eigenvalue weighted by Crippen LogP contribution is 2.39. The van der Waals surface area contributed by atoms with Crippen molar-refractivity contribution in [2.75, 3.05) is 6.54 Å². The Labute approximate surface area is 150 Å². The van der Waals surface area contributed by atoms with Crippen LogP contribution >= 0.6 is 0 Å². The van der Waals surface area contributed by atoms with Gasteiger partial charge in [0.25, 0.3) is 5.91 Å². The van der Waals surface area contributed by atoms with Gasteiger partial charge in [-0.05, 0) is 23.0 Å². The summed E-state index contributed by atoms with van der Waals surface area (Å²) >= 11 is 0. The van der Waals surface area contributed by atoms with Crippen LogP contribution in [0.1, 0.15) is 71.0 Å². The number of benzene rings is 1. The molecule has 0 spiro atoms. The summed E-state index contributed by atoms with van der Waals surface area (Å²) in [4.78, 5) is 26.6. The summed E-state index contributed by atoms with van der Waals surface area (Å²) in [6.07, 6.45) is 2.05. The highest BCUT2D eigenvalue weighted by molar-refractivity contribution is 6.08. The van der Waals surface area contributed by atoms with Gasteiger partial charge in [0, 0.05) is 13.0 Å². The van der Waals surface area contributed by atoms with Crippen LogP contribution < -0.4 is 0 Å². The Morgan fingerprint density at radius 2 is 1.76 bits per heavy atom. The highest BCUT2D eigenvalue weighted by atomic mass is 16.3. The van der Waals surface area contributed by atoms with Crippen LogP contribution in [0.3, 0.4) is 0 Å². The summed E-state index contributed by atoms with van der Waals surface area (Å²) in [7, 11) is 0. The molecule has 0 radical (unpaired) electrons. The van der Waals surface area contributed by atoms with Crippen LogP contribution in [-0.4, -0.2) is 28.2 Å². The number of aliphatic hydroxyl groups is 1. The first kappa shape index (κ1) is 19.2. The van der Waals surface area contributed by atoms with Gasteiger partial charge in [0.2, 0.25) is 0 Å². The number of Topliss-reactive ketones (excluding diaryl/α,β-unsaturated/α-hetero) is 1. The van der Waals surface area contributed by atoms with Crippen molar-refractivity contribution in [3.8, 4) is 0 Å². The van der Waals surface area contributed by atoms with Gasteiger partial charge in [-0.25, -0.2) is 0 Å². The molecule has 0 saturated carbocycles. The molecule has 1 N–H and O–H groups in total. The third-order valence-corrected chi connectivity index (χ3v) is 4.77. The van der Waals surface area contributed by atoms with E-state index in [1.807, 2.05) is 24.3 Å². The zero-order valence-corrected chi connectivity index (χ0v) is 15.9. The van der Waals surface area contributed by atoms with Gasteiger partial charge in [-0.2, -0.15) is 0 Å². The molecular weight excluding hydrogens is 314 g/mol. The maximum atomic E-state index is 12.5. The number of ketones is 1. The fourth-order valence-corrected chi connectivity index (χ4v) is 3.20. The van der Waals surface area contributed by atoms with Gasteiger partial charge < -0.3 is 10.0 Å². The molecular formula is C21H29NO3. The lowest BCUT2D eigenvalue weighted by Gasteiger charge is -2.27. The zero-order valence-electron chi connectivity index (χ0n) is 15.9. The molecule has 1 atom stereocenters. The Kier molecular flexibility index (Phi) is 5.71. The van der Waals surface area contributed by atoms with E-state index in [1.54, 1.807) is 11.8 Å². The van der Waals surface area contributed by atoms with Gasteiger partial charge in [0.1, 0.15) is 0 Å². The molecule has 0 saturated heterocycles. The summed E-state index contributed by atoms with van der Waals surface area (Å²) in [6.45, 7) is 10.8. The SMILES string of the molecule is CCCCN1C(=O)C(O)=C(C(=O)CC)C1c1ccc(C(C)(C)C)cc1. The number of rotatable bonds is 6. The highest BCUT2D eigenvalue weighted by Gasteiger charge is 2.42. The molecule has 4 nitrogen and oxygen atoms in total. The predicted octanol–water partition coefficient (Wildman–Crippen LogP) is 4.46. The quantitative estimate of drug-likeness (QED) is 0.829. The molecule has 1 aliphatic heterocycles. The van der Waals surface area contributed by atoms with Crippen LogP contribution in [0.4, 0.5) is 0 Å². The molecule has 1 unspecified atom stereocenters. The van der Waals surface area contributed by atoms with Crippen molar-refractivity contribution in [1.82, 2.24) is 4.90 Å². The number of hydrogen-bond donors (Lipinski definition) is 1. The molecule has 0 bridgehead atoms. The molecule has 0 aliphatic carbocycles. The van der Waals surface area contributed by atoms with E-state index in [4.69, 9.17) is 0 Å². The largest absolute Gasteiger partial charge is 0.503 e. The van der Waals surface area contributed by atoms with Crippen LogP contribution in [0.5, 0.6) is 0 Å². The summed E-state index contributed by atoms with van der Waals surface area (Å²) in [5.74, 6) is -0.988. The molecule has 2 rings (SSSR count). The number of carbonyl (C=O) groups is 2. The van der Waals surface area contributed by atoms with Crippen molar-refractivity contribution >= 4 is 11.7 Å². The third-order valence-electron chi connectivity index (χ3n) is 4.77. The molecule has 0 aromatic heterocycles. The van der Waals surface area contributed by atoms with Gasteiger partial charge in [-0.3, -0.25) is 9.59 Å². The van der Waals surface area contributed by atoms with E-state index < -0.39 is 11.9 Å². The molecule has 1 heterocycles. The van der Waals surface area contributed by atoms with Gasteiger partial charge in [0.15, 0.2) is 11.5 Å². The van der Waals surface area contributed by atoms with E-state index in [0.29, 0.717) is 6.54 Å². The Morgan fingerprint density at radius 3 is 2.24 bits per heavy atom. The lowest BCUT2D eigenvalue weighted by molar-refractivity contribution is -0.129. The zero-order chi connectivity index (χ0) is 18.8. The maximum absolute atomic E-state index is 12.5. The van der Waals surface area contributed by atoms with Crippen molar-refractivity contribution in [1.29, 1.82) is 0 Å². The number of hydrogen-bond acceptors (Lipinski definition) is 3. The first-order valence-corrected chi connectivity index (χ1v) is 9.10. The van der Waals surface area contributed by atoms with Crippen LogP contribution in [0.25, 0.3) is 0 Å². The third kappa shape index (κ3) is 3.78. The van der Waals surface area contributed by atoms with Crippen LogP contribution in [-0.2, 0) is 15.0 Å². The summed E-state index contributed by atoms with van der Waals surface area (Å²) in [6, 6.07) is 7.54. The Hall–Kier alpha value is -2.10. The van der Waals surface area contributed by atoms with Crippen molar-refractivity contribution in [3.05, 3.63) is 46.7 Å². The second-order valence-electron chi connectivity index (χ2n) is 7.67. The first-order valence-electron chi connectivity index (χ1n) is 9.10. The molecule has 4 heteroatoms. The van der Waals surface area contributed by atoms with Gasteiger partial charge >= 0.3 is 0 Å². The lowest BCUT2D eigenvalue weighted by Crippen LogP contribution is -2.32. The molecule has 1 amide bonds. The fourth-order valence-electron chi connectivity index (χ4n) is 3.20. The minimum atomic E-state index is -0.486. The fraction of sp³-hybridized carbons (Fsp3) is 0.524. The molecule has 1 aliphatic rings. The molecule has 25 heavy (non-hydrogen) atoms. The van der Waals surface area contributed by atoms with Crippen molar-refractivity contribution in [3.63, 3.8) is 0 Å². The minimum Gasteiger partial charge on any atom is -0.503 e. The smallest absolute Gasteiger partial charge is 0.290 e. The number of aliphatic hydroxyl groups excluding tert-OH is 1. The van der Waals surface area contributed by atoms with Crippen molar-refractivity contribution in [2.24, 2.45) is 0 Å². The molecule has 1 aromatic carbocycles. The molecule has 1 aromatic rings. The van der Waals surface area contributed by atoms with E-state index in [9.17, 15) is 14.7 Å². The van der Waals surface area contributed by atoms with Crippen molar-refractivity contribution < 1.29 is 14.7 Å². The second kappa shape index (κ2) is 7.42. The molecule has 0 fully saturated rings.